The Morgan fingerprint density at radius 1 is 1.33 bits per heavy atom. The monoisotopic (exact) mass is 392 g/mol. The second kappa shape index (κ2) is 5.79. The van der Waals surface area contributed by atoms with Crippen molar-refractivity contribution in [2.24, 2.45) is 5.84 Å². The van der Waals surface area contributed by atoms with E-state index in [1.165, 1.54) is 6.07 Å². The maximum Gasteiger partial charge on any atom is 0.128 e. The highest BCUT2D eigenvalue weighted by atomic mass is 79.9. The van der Waals surface area contributed by atoms with E-state index < -0.39 is 0 Å². The van der Waals surface area contributed by atoms with Gasteiger partial charge in [0.2, 0.25) is 0 Å². The highest BCUT2D eigenvalue weighted by Gasteiger charge is 2.19. The van der Waals surface area contributed by atoms with Gasteiger partial charge >= 0.3 is 0 Å². The average Bonchev–Trinajstić information content (AvgIpc) is 2.65. The highest BCUT2D eigenvalue weighted by molar-refractivity contribution is 9.11. The molecule has 0 aliphatic rings. The maximum atomic E-state index is 13.9. The van der Waals surface area contributed by atoms with Gasteiger partial charge in [-0.25, -0.2) is 9.82 Å². The van der Waals surface area contributed by atoms with Gasteiger partial charge in [-0.3, -0.25) is 5.84 Å². The zero-order chi connectivity index (χ0) is 13.3. The van der Waals surface area contributed by atoms with Gasteiger partial charge in [0.15, 0.2) is 0 Å². The Kier molecular flexibility index (Phi) is 4.55. The van der Waals surface area contributed by atoms with Crippen molar-refractivity contribution in [1.29, 1.82) is 0 Å². The lowest BCUT2D eigenvalue weighted by atomic mass is 10.1. The number of hydrazine groups is 1. The predicted octanol–water partition coefficient (Wildman–Crippen LogP) is 4.27. The molecule has 2 aromatic rings. The molecule has 0 aliphatic carbocycles. The van der Waals surface area contributed by atoms with Crippen LogP contribution in [0, 0.1) is 12.7 Å². The number of nitrogens with two attached hydrogens (primary N) is 1. The Morgan fingerprint density at radius 2 is 2.06 bits per heavy atom. The lowest BCUT2D eigenvalue weighted by molar-refractivity contribution is 0.563. The molecule has 0 spiro atoms. The molecule has 1 aromatic carbocycles. The molecular weight excluding hydrogens is 383 g/mol. The molecule has 3 N–H and O–H groups in total. The van der Waals surface area contributed by atoms with Crippen LogP contribution in [0.3, 0.4) is 0 Å². The Hall–Kier alpha value is -0.270. The number of aryl methyl sites for hydroxylation is 1. The van der Waals surface area contributed by atoms with Crippen LogP contribution in [-0.2, 0) is 0 Å². The average molecular weight is 394 g/mol. The fourth-order valence-corrected chi connectivity index (χ4v) is 3.72. The van der Waals surface area contributed by atoms with Crippen LogP contribution in [0.25, 0.3) is 0 Å². The molecular formula is C12H11Br2FN2S. The summed E-state index contributed by atoms with van der Waals surface area (Å²) in [6.07, 6.45) is 0. The molecule has 0 saturated heterocycles. The third-order valence-electron chi connectivity index (χ3n) is 2.60. The molecule has 1 heterocycles. The van der Waals surface area contributed by atoms with Crippen LogP contribution in [0.15, 0.2) is 32.5 Å². The minimum absolute atomic E-state index is 0.275. The fourth-order valence-electron chi connectivity index (χ4n) is 1.69. The number of rotatable bonds is 3. The first-order valence-corrected chi connectivity index (χ1v) is 7.60. The smallest absolute Gasteiger partial charge is 0.128 e. The molecule has 0 fully saturated rings. The summed E-state index contributed by atoms with van der Waals surface area (Å²) >= 11 is 8.36. The Morgan fingerprint density at radius 3 is 2.61 bits per heavy atom. The summed E-state index contributed by atoms with van der Waals surface area (Å²) in [6.45, 7) is 1.99. The number of nitrogens with one attached hydrogen (secondary N) is 1. The second-order valence-corrected chi connectivity index (χ2v) is 7.19. The van der Waals surface area contributed by atoms with Crippen LogP contribution in [0.5, 0.6) is 0 Å². The van der Waals surface area contributed by atoms with Gasteiger partial charge < -0.3 is 0 Å². The largest absolute Gasteiger partial charge is 0.271 e. The number of halogens is 3. The van der Waals surface area contributed by atoms with Crippen molar-refractivity contribution in [3.63, 3.8) is 0 Å². The minimum atomic E-state index is -0.350. The van der Waals surface area contributed by atoms with Crippen LogP contribution >= 0.6 is 43.2 Å². The van der Waals surface area contributed by atoms with Crippen molar-refractivity contribution in [2.45, 2.75) is 13.0 Å². The molecule has 0 bridgehead atoms. The van der Waals surface area contributed by atoms with Crippen LogP contribution in [0.4, 0.5) is 4.39 Å². The van der Waals surface area contributed by atoms with E-state index in [2.05, 4.69) is 37.3 Å². The van der Waals surface area contributed by atoms with Crippen LogP contribution in [0.2, 0.25) is 0 Å². The summed E-state index contributed by atoms with van der Waals surface area (Å²) in [6, 6.07) is 6.49. The zero-order valence-corrected chi connectivity index (χ0v) is 13.5. The van der Waals surface area contributed by atoms with Gasteiger partial charge in [-0.05, 0) is 52.7 Å². The number of hydrogen-bond donors (Lipinski definition) is 2. The lowest BCUT2D eigenvalue weighted by Crippen LogP contribution is -2.28. The fraction of sp³-hybridized carbons (Fsp3) is 0.167. The molecule has 6 heteroatoms. The topological polar surface area (TPSA) is 38.0 Å². The van der Waals surface area contributed by atoms with Crippen molar-refractivity contribution in [3.8, 4) is 0 Å². The highest BCUT2D eigenvalue weighted by Crippen LogP contribution is 2.35. The summed E-state index contributed by atoms with van der Waals surface area (Å²) < 4.78 is 15.7. The van der Waals surface area contributed by atoms with E-state index >= 15 is 0 Å². The van der Waals surface area contributed by atoms with E-state index in [0.29, 0.717) is 5.56 Å². The molecule has 2 nitrogen and oxygen atoms in total. The second-order valence-electron chi connectivity index (χ2n) is 3.87. The summed E-state index contributed by atoms with van der Waals surface area (Å²) in [5, 5.41) is 0. The van der Waals surface area contributed by atoms with E-state index in [0.717, 1.165) is 18.7 Å². The van der Waals surface area contributed by atoms with E-state index in [9.17, 15) is 4.39 Å². The first kappa shape index (κ1) is 14.1. The van der Waals surface area contributed by atoms with E-state index in [1.807, 2.05) is 13.0 Å². The van der Waals surface area contributed by atoms with Crippen LogP contribution in [-0.4, -0.2) is 0 Å². The predicted molar refractivity (Wildman–Crippen MR) is 80.0 cm³/mol. The first-order valence-electron chi connectivity index (χ1n) is 5.20. The molecule has 1 unspecified atom stereocenters. The van der Waals surface area contributed by atoms with Gasteiger partial charge in [0.1, 0.15) is 5.82 Å². The normalized spacial score (nSPS) is 12.7. The molecule has 0 aliphatic heterocycles. The third kappa shape index (κ3) is 2.83. The van der Waals surface area contributed by atoms with E-state index in [-0.39, 0.29) is 11.9 Å². The zero-order valence-electron chi connectivity index (χ0n) is 9.51. The van der Waals surface area contributed by atoms with Gasteiger partial charge in [-0.15, -0.1) is 11.3 Å². The van der Waals surface area contributed by atoms with Crippen molar-refractivity contribution in [2.75, 3.05) is 0 Å². The van der Waals surface area contributed by atoms with Crippen molar-refractivity contribution in [1.82, 2.24) is 5.43 Å². The summed E-state index contributed by atoms with van der Waals surface area (Å²) in [7, 11) is 0. The standard InChI is InChI=1S/C12H11Br2FN2S/c1-6-4-10(18-12(6)14)11(17-16)8-5-7(13)2-3-9(8)15/h2-5,11,17H,16H2,1H3. The summed E-state index contributed by atoms with van der Waals surface area (Å²) in [5.74, 6) is 5.30. The molecule has 96 valence electrons. The van der Waals surface area contributed by atoms with E-state index in [1.54, 1.807) is 23.5 Å². The van der Waals surface area contributed by atoms with E-state index in [4.69, 9.17) is 5.84 Å². The van der Waals surface area contributed by atoms with Gasteiger partial charge in [-0.1, -0.05) is 15.9 Å². The molecule has 2 rings (SSSR count). The van der Waals surface area contributed by atoms with Gasteiger partial charge in [0, 0.05) is 14.9 Å². The minimum Gasteiger partial charge on any atom is -0.271 e. The molecule has 0 radical (unpaired) electrons. The van der Waals surface area contributed by atoms with Crippen molar-refractivity contribution in [3.05, 3.63) is 54.3 Å². The molecule has 0 amide bonds. The SMILES string of the molecule is Cc1cc(C(NN)c2cc(Br)ccc2F)sc1Br. The Labute approximate surface area is 126 Å². The van der Waals surface area contributed by atoms with Gasteiger partial charge in [0.05, 0.1) is 9.83 Å². The van der Waals surface area contributed by atoms with Crippen molar-refractivity contribution < 1.29 is 4.39 Å². The first-order chi connectivity index (χ1) is 8.52. The van der Waals surface area contributed by atoms with Gasteiger partial charge in [-0.2, -0.15) is 0 Å². The number of hydrogen-bond acceptors (Lipinski definition) is 3. The number of thiophene rings is 1. The molecule has 18 heavy (non-hydrogen) atoms. The van der Waals surface area contributed by atoms with Crippen molar-refractivity contribution >= 4 is 43.2 Å². The van der Waals surface area contributed by atoms with Crippen LogP contribution < -0.4 is 11.3 Å². The Bertz CT molecular complexity index is 552. The summed E-state index contributed by atoms with van der Waals surface area (Å²) in [4.78, 5) is 0.971. The van der Waals surface area contributed by atoms with Crippen LogP contribution in [0.1, 0.15) is 22.0 Å². The number of benzene rings is 1. The maximum absolute atomic E-state index is 13.9. The van der Waals surface area contributed by atoms with Gasteiger partial charge in [0.25, 0.3) is 0 Å². The summed E-state index contributed by atoms with van der Waals surface area (Å²) in [5.41, 5.74) is 4.32. The molecule has 1 aromatic heterocycles. The Balaban J connectivity index is 2.48. The molecule has 1 atom stereocenters. The molecule has 0 saturated carbocycles. The lowest BCUT2D eigenvalue weighted by Gasteiger charge is -2.15. The quantitative estimate of drug-likeness (QED) is 0.603. The third-order valence-corrected chi connectivity index (χ3v) is 5.29.